The van der Waals surface area contributed by atoms with E-state index in [1.807, 2.05) is 4.72 Å². The topological polar surface area (TPSA) is 125 Å². The number of amides is 2. The number of hydrogen-bond acceptors (Lipinski definition) is 6. The molecule has 0 spiro atoms. The largest absolute Gasteiger partial charge is 0.335 e. The van der Waals surface area contributed by atoms with E-state index in [0.717, 1.165) is 11.3 Å². The summed E-state index contributed by atoms with van der Waals surface area (Å²) in [4.78, 5) is 40.2. The van der Waals surface area contributed by atoms with Crippen LogP contribution in [0.1, 0.15) is 37.2 Å². The molecule has 0 saturated heterocycles. The fourth-order valence-electron chi connectivity index (χ4n) is 4.00. The van der Waals surface area contributed by atoms with Crippen LogP contribution in [0.25, 0.3) is 10.9 Å². The molecule has 1 aromatic carbocycles. The maximum Gasteiger partial charge on any atom is 0.328 e. The van der Waals surface area contributed by atoms with Crippen molar-refractivity contribution in [3.05, 3.63) is 72.9 Å². The predicted octanol–water partition coefficient (Wildman–Crippen LogP) is 3.32. The van der Waals surface area contributed by atoms with E-state index in [0.29, 0.717) is 46.5 Å². The molecule has 2 aromatic heterocycles. The standard InChI is InChI=1S/C21H20ClN3O5S2/c22-17-9-10-19(31-17)32(29,30)25-21(28)23-13-7-5-12(6-8-13)15-11-18(26)24-16-4-2-1-3-14(16)20(15)27/h1-4,9-13H,5-8H2,(H,24,26)(H2,23,25,28). The Bertz CT molecular complexity index is 1390. The molecule has 1 saturated carbocycles. The van der Waals surface area contributed by atoms with Crippen molar-refractivity contribution >= 4 is 49.9 Å². The zero-order chi connectivity index (χ0) is 22.9. The quantitative estimate of drug-likeness (QED) is 0.514. The lowest BCUT2D eigenvalue weighted by Gasteiger charge is -2.28. The predicted molar refractivity (Wildman–Crippen MR) is 124 cm³/mol. The van der Waals surface area contributed by atoms with Crippen LogP contribution < -0.4 is 21.0 Å². The van der Waals surface area contributed by atoms with Crippen LogP contribution in [0.3, 0.4) is 0 Å². The zero-order valence-electron chi connectivity index (χ0n) is 16.8. The Hall–Kier alpha value is -2.69. The van der Waals surface area contributed by atoms with Gasteiger partial charge in [0.2, 0.25) is 5.56 Å². The van der Waals surface area contributed by atoms with Gasteiger partial charge in [0.15, 0.2) is 5.43 Å². The highest BCUT2D eigenvalue weighted by Gasteiger charge is 2.27. The van der Waals surface area contributed by atoms with Crippen LogP contribution >= 0.6 is 22.9 Å². The zero-order valence-corrected chi connectivity index (χ0v) is 19.1. The maximum atomic E-state index is 13.0. The van der Waals surface area contributed by atoms with E-state index in [4.69, 9.17) is 11.6 Å². The first-order valence-electron chi connectivity index (χ1n) is 9.98. The second-order valence-electron chi connectivity index (χ2n) is 7.65. The summed E-state index contributed by atoms with van der Waals surface area (Å²) in [5.74, 6) is -0.113. The van der Waals surface area contributed by atoms with E-state index in [1.54, 1.807) is 24.3 Å². The van der Waals surface area contributed by atoms with E-state index in [-0.39, 0.29) is 27.2 Å². The molecule has 1 aliphatic carbocycles. The number of hydrogen-bond donors (Lipinski definition) is 3. The number of aromatic amines is 1. The first-order chi connectivity index (χ1) is 15.2. The van der Waals surface area contributed by atoms with Gasteiger partial charge in [-0.15, -0.1) is 11.3 Å². The summed E-state index contributed by atoms with van der Waals surface area (Å²) in [7, 11) is -3.99. The van der Waals surface area contributed by atoms with Crippen LogP contribution in [0.2, 0.25) is 4.34 Å². The van der Waals surface area contributed by atoms with Crippen molar-refractivity contribution in [1.29, 1.82) is 0 Å². The molecule has 2 heterocycles. The number of urea groups is 1. The van der Waals surface area contributed by atoms with Crippen LogP contribution in [0.4, 0.5) is 4.79 Å². The molecule has 0 radical (unpaired) electrons. The first kappa shape index (κ1) is 22.5. The number of para-hydroxylation sites is 1. The summed E-state index contributed by atoms with van der Waals surface area (Å²) in [5, 5.41) is 3.14. The molecule has 2 amide bonds. The van der Waals surface area contributed by atoms with Gasteiger partial charge in [-0.25, -0.2) is 17.9 Å². The fourth-order valence-corrected chi connectivity index (χ4v) is 6.40. The van der Waals surface area contributed by atoms with Gasteiger partial charge in [0, 0.05) is 23.1 Å². The van der Waals surface area contributed by atoms with Gasteiger partial charge in [0.25, 0.3) is 10.0 Å². The summed E-state index contributed by atoms with van der Waals surface area (Å²) in [5.41, 5.74) is 0.451. The average molecular weight is 494 g/mol. The maximum absolute atomic E-state index is 13.0. The highest BCUT2D eigenvalue weighted by molar-refractivity contribution is 7.92. The molecule has 0 unspecified atom stereocenters. The van der Waals surface area contributed by atoms with Crippen LogP contribution in [0.5, 0.6) is 0 Å². The lowest BCUT2D eigenvalue weighted by atomic mass is 9.82. The first-order valence-corrected chi connectivity index (χ1v) is 12.7. The van der Waals surface area contributed by atoms with Crippen molar-refractivity contribution in [3.63, 3.8) is 0 Å². The number of sulfonamides is 1. The van der Waals surface area contributed by atoms with Gasteiger partial charge in [0.05, 0.1) is 9.85 Å². The molecular weight excluding hydrogens is 474 g/mol. The van der Waals surface area contributed by atoms with Gasteiger partial charge in [0.1, 0.15) is 4.21 Å². The molecule has 32 heavy (non-hydrogen) atoms. The van der Waals surface area contributed by atoms with E-state index in [9.17, 15) is 22.8 Å². The molecule has 1 aliphatic rings. The summed E-state index contributed by atoms with van der Waals surface area (Å²) in [6, 6.07) is 9.99. The molecule has 168 valence electrons. The van der Waals surface area contributed by atoms with Crippen molar-refractivity contribution in [2.75, 3.05) is 0 Å². The Morgan fingerprint density at radius 1 is 1.06 bits per heavy atom. The average Bonchev–Trinajstić information content (AvgIpc) is 3.14. The minimum Gasteiger partial charge on any atom is -0.335 e. The van der Waals surface area contributed by atoms with Gasteiger partial charge in [-0.3, -0.25) is 9.59 Å². The van der Waals surface area contributed by atoms with E-state index in [2.05, 4.69) is 10.3 Å². The molecule has 1 fully saturated rings. The second-order valence-corrected chi connectivity index (χ2v) is 11.3. The van der Waals surface area contributed by atoms with Crippen molar-refractivity contribution in [3.8, 4) is 0 Å². The van der Waals surface area contributed by atoms with Crippen molar-refractivity contribution < 1.29 is 13.2 Å². The smallest absolute Gasteiger partial charge is 0.328 e. The third-order valence-corrected chi connectivity index (χ3v) is 8.58. The Kier molecular flexibility index (Phi) is 6.36. The molecule has 4 rings (SSSR count). The number of H-pyrrole nitrogens is 1. The number of fused-ring (bicyclic) bond motifs is 1. The van der Waals surface area contributed by atoms with Crippen LogP contribution in [0, 0.1) is 0 Å². The summed E-state index contributed by atoms with van der Waals surface area (Å²) in [6.07, 6.45) is 2.28. The monoisotopic (exact) mass is 493 g/mol. The van der Waals surface area contributed by atoms with E-state index >= 15 is 0 Å². The minimum absolute atomic E-state index is 0.0428. The number of rotatable bonds is 4. The van der Waals surface area contributed by atoms with Crippen LogP contribution in [-0.4, -0.2) is 25.5 Å². The van der Waals surface area contributed by atoms with Crippen molar-refractivity contribution in [2.45, 2.75) is 41.9 Å². The number of carbonyl (C=O) groups excluding carboxylic acids is 1. The van der Waals surface area contributed by atoms with Gasteiger partial charge in [-0.1, -0.05) is 23.7 Å². The molecule has 3 N–H and O–H groups in total. The normalized spacial score (nSPS) is 18.9. The Labute approximate surface area is 192 Å². The van der Waals surface area contributed by atoms with Crippen molar-refractivity contribution in [1.82, 2.24) is 15.0 Å². The van der Waals surface area contributed by atoms with Gasteiger partial charge in [-0.05, 0) is 55.9 Å². The molecule has 0 aliphatic heterocycles. The SMILES string of the molecule is O=C(NC1CCC(c2cc(=O)[nH]c3ccccc3c2=O)CC1)NS(=O)(=O)c1ccc(Cl)s1. The van der Waals surface area contributed by atoms with E-state index < -0.39 is 16.1 Å². The second kappa shape index (κ2) is 9.05. The Morgan fingerprint density at radius 2 is 1.78 bits per heavy atom. The number of halogens is 1. The molecule has 0 atom stereocenters. The highest BCUT2D eigenvalue weighted by atomic mass is 35.5. The minimum atomic E-state index is -3.99. The summed E-state index contributed by atoms with van der Waals surface area (Å²) in [6.45, 7) is 0. The third-order valence-electron chi connectivity index (χ3n) is 5.52. The van der Waals surface area contributed by atoms with Crippen LogP contribution in [-0.2, 0) is 10.0 Å². The lowest BCUT2D eigenvalue weighted by Crippen LogP contribution is -2.45. The number of thiophene rings is 1. The Morgan fingerprint density at radius 3 is 2.47 bits per heavy atom. The molecule has 0 bridgehead atoms. The van der Waals surface area contributed by atoms with Gasteiger partial charge < -0.3 is 10.3 Å². The number of carbonyl (C=O) groups is 1. The number of benzene rings is 1. The highest BCUT2D eigenvalue weighted by Crippen LogP contribution is 2.31. The summed E-state index contributed by atoms with van der Waals surface area (Å²) >= 11 is 6.63. The van der Waals surface area contributed by atoms with Crippen molar-refractivity contribution in [2.24, 2.45) is 0 Å². The fraction of sp³-hybridized carbons (Fsp3) is 0.286. The van der Waals surface area contributed by atoms with E-state index in [1.165, 1.54) is 18.2 Å². The van der Waals surface area contributed by atoms with Crippen LogP contribution in [0.15, 0.2) is 56.3 Å². The molecular formula is C21H20ClN3O5S2. The van der Waals surface area contributed by atoms with Gasteiger partial charge in [-0.2, -0.15) is 0 Å². The number of aromatic nitrogens is 1. The third kappa shape index (κ3) is 4.87. The lowest BCUT2D eigenvalue weighted by molar-refractivity contribution is 0.236. The van der Waals surface area contributed by atoms with Gasteiger partial charge >= 0.3 is 6.03 Å². The molecule has 8 nitrogen and oxygen atoms in total. The Balaban J connectivity index is 1.43. The summed E-state index contributed by atoms with van der Waals surface area (Å²) < 4.78 is 26.8. The molecule has 3 aromatic rings. The number of nitrogens with one attached hydrogen (secondary N) is 3. The molecule has 11 heteroatoms.